The van der Waals surface area contributed by atoms with Crippen LogP contribution in [-0.4, -0.2) is 8.76 Å². The molecule has 5 heteroatoms. The third-order valence-electron chi connectivity index (χ3n) is 1.33. The molecule has 0 aromatic heterocycles. The third-order valence-corrected chi connectivity index (χ3v) is 2.09. The maximum absolute atomic E-state index is 12.6. The lowest BCUT2D eigenvalue weighted by atomic mass is 10.2. The van der Waals surface area contributed by atoms with Crippen LogP contribution in [0.2, 0.25) is 0 Å². The minimum absolute atomic E-state index is 0.00898. The molecule has 0 saturated heterocycles. The predicted octanol–water partition coefficient (Wildman–Crippen LogP) is 2.04. The molecule has 0 saturated carbocycles. The zero-order valence-corrected chi connectivity index (χ0v) is 6.33. The van der Waals surface area contributed by atoms with Gasteiger partial charge in [0.15, 0.2) is 11.1 Å². The van der Waals surface area contributed by atoms with Crippen LogP contribution in [0.25, 0.3) is 0 Å². The summed E-state index contributed by atoms with van der Waals surface area (Å²) >= 11 is -2.55. The summed E-state index contributed by atoms with van der Waals surface area (Å²) in [5, 5.41) is 0. The quantitative estimate of drug-likeness (QED) is 0.627. The highest BCUT2D eigenvalue weighted by Crippen LogP contribution is 2.28. The van der Waals surface area contributed by atoms with E-state index in [9.17, 15) is 13.0 Å². The van der Waals surface area contributed by atoms with Crippen molar-refractivity contribution >= 4 is 11.1 Å². The summed E-state index contributed by atoms with van der Waals surface area (Å²) in [5.41, 5.74) is 0. The van der Waals surface area contributed by atoms with Crippen molar-refractivity contribution in [3.8, 4) is 0 Å². The van der Waals surface area contributed by atoms with Crippen LogP contribution in [-0.2, 0) is 11.1 Å². The molecule has 0 aromatic carbocycles. The van der Waals surface area contributed by atoms with Gasteiger partial charge in [-0.1, -0.05) is 0 Å². The van der Waals surface area contributed by atoms with Crippen LogP contribution in [0, 0.1) is 0 Å². The molecule has 0 amide bonds. The molecule has 0 heterocycles. The molecule has 62 valence electrons. The maximum Gasteiger partial charge on any atom is 0.192 e. The van der Waals surface area contributed by atoms with Crippen LogP contribution in [0.15, 0.2) is 22.6 Å². The second-order valence-corrected chi connectivity index (χ2v) is 2.98. The van der Waals surface area contributed by atoms with Crippen LogP contribution >= 0.6 is 0 Å². The van der Waals surface area contributed by atoms with E-state index in [0.717, 1.165) is 6.08 Å². The van der Waals surface area contributed by atoms with E-state index in [1.165, 1.54) is 0 Å². The zero-order valence-electron chi connectivity index (χ0n) is 5.51. The Labute approximate surface area is 64.9 Å². The first-order chi connectivity index (χ1) is 5.13. The molecular weight excluding hydrogens is 174 g/mol. The maximum atomic E-state index is 12.6. The summed E-state index contributed by atoms with van der Waals surface area (Å²) in [4.78, 5) is -0.712. The Hall–Kier alpha value is -0.550. The van der Waals surface area contributed by atoms with Gasteiger partial charge >= 0.3 is 0 Å². The molecule has 1 N–H and O–H groups in total. The first-order valence-electron chi connectivity index (χ1n) is 2.98. The van der Waals surface area contributed by atoms with Gasteiger partial charge in [-0.05, 0) is 12.5 Å². The molecule has 0 aliphatic heterocycles. The Kier molecular flexibility index (Phi) is 2.51. The lowest BCUT2D eigenvalue weighted by molar-refractivity contribution is 0.533. The minimum atomic E-state index is -2.55. The molecule has 0 radical (unpaired) electrons. The van der Waals surface area contributed by atoms with Crippen molar-refractivity contribution < 1.29 is 17.5 Å². The van der Waals surface area contributed by atoms with Crippen LogP contribution in [0.1, 0.15) is 12.8 Å². The van der Waals surface area contributed by atoms with E-state index in [1.54, 1.807) is 0 Å². The van der Waals surface area contributed by atoms with Gasteiger partial charge in [-0.25, -0.2) is 13.0 Å². The molecule has 1 aliphatic rings. The standard InChI is InChI=1S/C6H6F2O2S/c7-4-2-1-3-5(8)6(4)11(9)10/h2H,1,3H2,(H,9,10). The van der Waals surface area contributed by atoms with Crippen LogP contribution < -0.4 is 0 Å². The zero-order chi connectivity index (χ0) is 8.43. The first kappa shape index (κ1) is 8.55. The monoisotopic (exact) mass is 180 g/mol. The molecule has 0 bridgehead atoms. The highest BCUT2D eigenvalue weighted by Gasteiger charge is 2.20. The Balaban J connectivity index is 3.04. The van der Waals surface area contributed by atoms with Crippen molar-refractivity contribution in [2.45, 2.75) is 12.8 Å². The molecule has 2 nitrogen and oxygen atoms in total. The normalized spacial score (nSPS) is 21.5. The largest absolute Gasteiger partial charge is 0.302 e. The van der Waals surface area contributed by atoms with E-state index >= 15 is 0 Å². The molecule has 1 rings (SSSR count). The van der Waals surface area contributed by atoms with E-state index in [0.29, 0.717) is 0 Å². The summed E-state index contributed by atoms with van der Waals surface area (Å²) in [5.74, 6) is -1.75. The number of allylic oxidation sites excluding steroid dienone is 3. The minimum Gasteiger partial charge on any atom is -0.302 e. The van der Waals surface area contributed by atoms with Gasteiger partial charge in [-0.15, -0.1) is 0 Å². The molecule has 1 aliphatic carbocycles. The van der Waals surface area contributed by atoms with Crippen LogP contribution in [0.4, 0.5) is 8.78 Å². The van der Waals surface area contributed by atoms with Gasteiger partial charge in [-0.2, -0.15) is 0 Å². The first-order valence-corrected chi connectivity index (χ1v) is 4.09. The van der Waals surface area contributed by atoms with Gasteiger partial charge in [-0.3, -0.25) is 0 Å². The van der Waals surface area contributed by atoms with Crippen LogP contribution in [0.5, 0.6) is 0 Å². The number of halogens is 2. The van der Waals surface area contributed by atoms with Crippen molar-refractivity contribution in [2.24, 2.45) is 0 Å². The molecule has 0 spiro atoms. The second-order valence-electron chi connectivity index (χ2n) is 2.07. The van der Waals surface area contributed by atoms with Crippen molar-refractivity contribution in [3.63, 3.8) is 0 Å². The molecule has 0 aromatic rings. The highest BCUT2D eigenvalue weighted by atomic mass is 32.2. The van der Waals surface area contributed by atoms with E-state index in [1.807, 2.05) is 0 Å². The lowest BCUT2D eigenvalue weighted by Crippen LogP contribution is -2.01. The summed E-state index contributed by atoms with van der Waals surface area (Å²) in [7, 11) is 0. The van der Waals surface area contributed by atoms with Gasteiger partial charge in [0.1, 0.15) is 16.6 Å². The fourth-order valence-electron chi connectivity index (χ4n) is 0.840. The number of hydrogen-bond acceptors (Lipinski definition) is 1. The average Bonchev–Trinajstić information content (AvgIpc) is 1.85. The Morgan fingerprint density at radius 3 is 2.55 bits per heavy atom. The smallest absolute Gasteiger partial charge is 0.192 e. The molecule has 11 heavy (non-hydrogen) atoms. The summed E-state index contributed by atoms with van der Waals surface area (Å²) in [6.07, 6.45) is 1.36. The van der Waals surface area contributed by atoms with Gasteiger partial charge in [0, 0.05) is 6.42 Å². The van der Waals surface area contributed by atoms with Gasteiger partial charge in [0.05, 0.1) is 0 Å². The van der Waals surface area contributed by atoms with E-state index < -0.39 is 27.6 Å². The predicted molar refractivity (Wildman–Crippen MR) is 37.3 cm³/mol. The highest BCUT2D eigenvalue weighted by molar-refractivity contribution is 7.83. The molecule has 1 unspecified atom stereocenters. The van der Waals surface area contributed by atoms with E-state index in [2.05, 4.69) is 0 Å². The van der Waals surface area contributed by atoms with Crippen LogP contribution in [0.3, 0.4) is 0 Å². The lowest BCUT2D eigenvalue weighted by Gasteiger charge is -2.07. The summed E-state index contributed by atoms with van der Waals surface area (Å²) in [6, 6.07) is 0. The Morgan fingerprint density at radius 1 is 1.55 bits per heavy atom. The van der Waals surface area contributed by atoms with Crippen molar-refractivity contribution in [3.05, 3.63) is 22.6 Å². The average molecular weight is 180 g/mol. The molecular formula is C6H6F2O2S. The van der Waals surface area contributed by atoms with E-state index in [4.69, 9.17) is 4.55 Å². The summed E-state index contributed by atoms with van der Waals surface area (Å²) in [6.45, 7) is 0. The fraction of sp³-hybridized carbons (Fsp3) is 0.333. The second kappa shape index (κ2) is 3.23. The molecule has 0 fully saturated rings. The SMILES string of the molecule is O=S(O)C1=C(F)CCC=C1F. The number of hydrogen-bond donors (Lipinski definition) is 1. The molecule has 1 atom stereocenters. The van der Waals surface area contributed by atoms with Gasteiger partial charge < -0.3 is 4.55 Å². The van der Waals surface area contributed by atoms with Crippen molar-refractivity contribution in [1.82, 2.24) is 0 Å². The van der Waals surface area contributed by atoms with E-state index in [-0.39, 0.29) is 12.8 Å². The Morgan fingerprint density at radius 2 is 2.18 bits per heavy atom. The third kappa shape index (κ3) is 1.72. The fourth-order valence-corrected chi connectivity index (χ4v) is 1.38. The topological polar surface area (TPSA) is 37.3 Å². The number of rotatable bonds is 1. The summed E-state index contributed by atoms with van der Waals surface area (Å²) < 4.78 is 43.9. The van der Waals surface area contributed by atoms with Crippen molar-refractivity contribution in [2.75, 3.05) is 0 Å². The van der Waals surface area contributed by atoms with Gasteiger partial charge in [0.2, 0.25) is 0 Å². The van der Waals surface area contributed by atoms with Crippen molar-refractivity contribution in [1.29, 1.82) is 0 Å². The van der Waals surface area contributed by atoms with Gasteiger partial charge in [0.25, 0.3) is 0 Å². The Bertz CT molecular complexity index is 257.